The molecule has 3 rings (SSSR count). The zero-order chi connectivity index (χ0) is 17.5. The Morgan fingerprint density at radius 1 is 1.16 bits per heavy atom. The fourth-order valence-corrected chi connectivity index (χ4v) is 3.64. The second-order valence-electron chi connectivity index (χ2n) is 7.08. The van der Waals surface area contributed by atoms with Crippen LogP contribution in [0.2, 0.25) is 0 Å². The SMILES string of the molecule is CC(CN1CCCCC1)NC(=O)NCCCn1ccc2ccccc21. The number of para-hydroxylation sites is 1. The molecule has 2 aromatic rings. The van der Waals surface area contributed by atoms with E-state index in [9.17, 15) is 4.79 Å². The van der Waals surface area contributed by atoms with Crippen molar-refractivity contribution in [1.82, 2.24) is 20.1 Å². The monoisotopic (exact) mass is 342 g/mol. The predicted octanol–water partition coefficient (Wildman–Crippen LogP) is 3.21. The highest BCUT2D eigenvalue weighted by molar-refractivity contribution is 5.79. The molecule has 136 valence electrons. The fourth-order valence-electron chi connectivity index (χ4n) is 3.64. The molecule has 1 fully saturated rings. The molecule has 25 heavy (non-hydrogen) atoms. The van der Waals surface area contributed by atoms with E-state index < -0.39 is 0 Å². The highest BCUT2D eigenvalue weighted by Gasteiger charge is 2.14. The Hall–Kier alpha value is -2.01. The number of nitrogens with one attached hydrogen (secondary N) is 2. The summed E-state index contributed by atoms with van der Waals surface area (Å²) in [6, 6.07) is 10.7. The van der Waals surface area contributed by atoms with Crippen LogP contribution in [0.25, 0.3) is 10.9 Å². The molecule has 5 nitrogen and oxygen atoms in total. The van der Waals surface area contributed by atoms with E-state index in [4.69, 9.17) is 0 Å². The largest absolute Gasteiger partial charge is 0.347 e. The summed E-state index contributed by atoms with van der Waals surface area (Å²) in [4.78, 5) is 14.5. The zero-order valence-corrected chi connectivity index (χ0v) is 15.2. The summed E-state index contributed by atoms with van der Waals surface area (Å²) < 4.78 is 2.24. The third kappa shape index (κ3) is 5.23. The number of urea groups is 1. The molecule has 1 aliphatic rings. The average Bonchev–Trinajstić information content (AvgIpc) is 3.03. The van der Waals surface area contributed by atoms with Crippen molar-refractivity contribution in [3.05, 3.63) is 36.5 Å². The third-order valence-corrected chi connectivity index (χ3v) is 4.90. The molecule has 0 saturated carbocycles. The van der Waals surface area contributed by atoms with Gasteiger partial charge < -0.3 is 20.1 Å². The first-order valence-corrected chi connectivity index (χ1v) is 9.53. The lowest BCUT2D eigenvalue weighted by Gasteiger charge is -2.29. The van der Waals surface area contributed by atoms with Crippen LogP contribution in [0.5, 0.6) is 0 Å². The number of amides is 2. The van der Waals surface area contributed by atoms with Gasteiger partial charge in [-0.3, -0.25) is 0 Å². The Bertz CT molecular complexity index is 675. The van der Waals surface area contributed by atoms with Crippen molar-refractivity contribution in [1.29, 1.82) is 0 Å². The van der Waals surface area contributed by atoms with Gasteiger partial charge in [-0.15, -0.1) is 0 Å². The predicted molar refractivity (Wildman–Crippen MR) is 103 cm³/mol. The molecule has 0 aliphatic carbocycles. The van der Waals surface area contributed by atoms with Crippen LogP contribution < -0.4 is 10.6 Å². The quantitative estimate of drug-likeness (QED) is 0.759. The van der Waals surface area contributed by atoms with Crippen molar-refractivity contribution in [2.45, 2.75) is 45.2 Å². The normalized spacial score (nSPS) is 16.7. The molecular weight excluding hydrogens is 312 g/mol. The number of nitrogens with zero attached hydrogens (tertiary/aromatic N) is 2. The first-order chi connectivity index (χ1) is 12.2. The Balaban J connectivity index is 1.33. The van der Waals surface area contributed by atoms with Crippen LogP contribution in [0.3, 0.4) is 0 Å². The Morgan fingerprint density at radius 3 is 2.80 bits per heavy atom. The van der Waals surface area contributed by atoms with Gasteiger partial charge in [0.15, 0.2) is 0 Å². The minimum absolute atomic E-state index is 0.0538. The third-order valence-electron chi connectivity index (χ3n) is 4.90. The number of carbonyl (C=O) groups is 1. The zero-order valence-electron chi connectivity index (χ0n) is 15.2. The number of aryl methyl sites for hydroxylation is 1. The molecule has 1 atom stereocenters. The molecule has 1 aliphatic heterocycles. The van der Waals surface area contributed by atoms with E-state index >= 15 is 0 Å². The van der Waals surface area contributed by atoms with Gasteiger partial charge in [-0.05, 0) is 56.8 Å². The van der Waals surface area contributed by atoms with Gasteiger partial charge in [0.2, 0.25) is 0 Å². The number of aromatic nitrogens is 1. The maximum absolute atomic E-state index is 12.0. The van der Waals surface area contributed by atoms with Crippen LogP contribution >= 0.6 is 0 Å². The molecule has 0 radical (unpaired) electrons. The number of hydrogen-bond acceptors (Lipinski definition) is 2. The number of likely N-dealkylation sites (tertiary alicyclic amines) is 1. The molecule has 1 unspecified atom stereocenters. The van der Waals surface area contributed by atoms with Gasteiger partial charge in [0.25, 0.3) is 0 Å². The van der Waals surface area contributed by atoms with Crippen LogP contribution in [0.4, 0.5) is 4.79 Å². The molecule has 2 amide bonds. The second kappa shape index (κ2) is 8.90. The lowest BCUT2D eigenvalue weighted by atomic mass is 10.1. The second-order valence-corrected chi connectivity index (χ2v) is 7.08. The molecular formula is C20H30N4O. The van der Waals surface area contributed by atoms with E-state index in [2.05, 4.69) is 63.6 Å². The lowest BCUT2D eigenvalue weighted by Crippen LogP contribution is -2.47. The van der Waals surface area contributed by atoms with E-state index in [1.54, 1.807) is 0 Å². The first kappa shape index (κ1) is 17.8. The Labute approximate surface area is 150 Å². The van der Waals surface area contributed by atoms with Gasteiger partial charge in [-0.25, -0.2) is 4.79 Å². The molecule has 2 heterocycles. The molecule has 1 aromatic heterocycles. The minimum Gasteiger partial charge on any atom is -0.347 e. The topological polar surface area (TPSA) is 49.3 Å². The number of piperidine rings is 1. The van der Waals surface area contributed by atoms with Crippen molar-refractivity contribution in [3.63, 3.8) is 0 Å². The lowest BCUT2D eigenvalue weighted by molar-refractivity contribution is 0.203. The number of fused-ring (bicyclic) bond motifs is 1. The summed E-state index contributed by atoms with van der Waals surface area (Å²) in [6.45, 7) is 6.96. The number of hydrogen-bond donors (Lipinski definition) is 2. The number of rotatable bonds is 7. The molecule has 1 saturated heterocycles. The van der Waals surface area contributed by atoms with Crippen molar-refractivity contribution >= 4 is 16.9 Å². The number of benzene rings is 1. The highest BCUT2D eigenvalue weighted by atomic mass is 16.2. The maximum atomic E-state index is 12.0. The molecule has 5 heteroatoms. The van der Waals surface area contributed by atoms with E-state index in [0.29, 0.717) is 6.54 Å². The van der Waals surface area contributed by atoms with Crippen molar-refractivity contribution in [2.24, 2.45) is 0 Å². The van der Waals surface area contributed by atoms with E-state index in [1.165, 1.54) is 43.3 Å². The van der Waals surface area contributed by atoms with E-state index in [0.717, 1.165) is 19.5 Å². The van der Waals surface area contributed by atoms with Crippen molar-refractivity contribution in [2.75, 3.05) is 26.2 Å². The van der Waals surface area contributed by atoms with Gasteiger partial charge in [-0.1, -0.05) is 24.6 Å². The van der Waals surface area contributed by atoms with E-state index in [1.807, 2.05) is 0 Å². The Kier molecular flexibility index (Phi) is 6.34. The summed E-state index contributed by atoms with van der Waals surface area (Å²) in [6.07, 6.45) is 6.95. The van der Waals surface area contributed by atoms with Crippen molar-refractivity contribution in [3.8, 4) is 0 Å². The van der Waals surface area contributed by atoms with Crippen molar-refractivity contribution < 1.29 is 4.79 Å². The average molecular weight is 342 g/mol. The minimum atomic E-state index is -0.0538. The molecule has 2 N–H and O–H groups in total. The van der Waals surface area contributed by atoms with Gasteiger partial charge >= 0.3 is 6.03 Å². The molecule has 0 spiro atoms. The van der Waals surface area contributed by atoms with Crippen LogP contribution in [-0.4, -0.2) is 47.7 Å². The smallest absolute Gasteiger partial charge is 0.315 e. The number of carbonyl (C=O) groups excluding carboxylic acids is 1. The first-order valence-electron chi connectivity index (χ1n) is 9.53. The van der Waals surface area contributed by atoms with Gasteiger partial charge in [0.05, 0.1) is 0 Å². The highest BCUT2D eigenvalue weighted by Crippen LogP contribution is 2.15. The summed E-state index contributed by atoms with van der Waals surface area (Å²) >= 11 is 0. The van der Waals surface area contributed by atoms with E-state index in [-0.39, 0.29) is 12.1 Å². The summed E-state index contributed by atoms with van der Waals surface area (Å²) in [5, 5.41) is 7.30. The van der Waals surface area contributed by atoms with Crippen LogP contribution in [-0.2, 0) is 6.54 Å². The summed E-state index contributed by atoms with van der Waals surface area (Å²) in [7, 11) is 0. The van der Waals surface area contributed by atoms with Crippen LogP contribution in [0.15, 0.2) is 36.5 Å². The van der Waals surface area contributed by atoms with Gasteiger partial charge in [0.1, 0.15) is 0 Å². The maximum Gasteiger partial charge on any atom is 0.315 e. The fraction of sp³-hybridized carbons (Fsp3) is 0.550. The summed E-state index contributed by atoms with van der Waals surface area (Å²) in [5.74, 6) is 0. The van der Waals surface area contributed by atoms with Gasteiger partial charge in [0, 0.05) is 37.4 Å². The molecule has 1 aromatic carbocycles. The van der Waals surface area contributed by atoms with Crippen LogP contribution in [0, 0.1) is 0 Å². The standard InChI is InChI=1S/C20H30N4O/c1-17(16-23-12-5-2-6-13-23)22-20(25)21-11-7-14-24-15-10-18-8-3-4-9-19(18)24/h3-4,8-10,15,17H,2,5-7,11-14,16H2,1H3,(H2,21,22,25). The van der Waals surface area contributed by atoms with Crippen LogP contribution in [0.1, 0.15) is 32.6 Å². The molecule has 0 bridgehead atoms. The summed E-state index contributed by atoms with van der Waals surface area (Å²) in [5.41, 5.74) is 1.25. The Morgan fingerprint density at radius 2 is 1.96 bits per heavy atom. The van der Waals surface area contributed by atoms with Gasteiger partial charge in [-0.2, -0.15) is 0 Å².